The Bertz CT molecular complexity index is 991. The molecule has 1 aliphatic heterocycles. The standard InChI is InChI=1S/C26H37N3O3S/c1-3-20-13-15-27-26(17-20)29-16-14-25(28-33(2,30)31)23(18-29)19-32-24-11-9-22(10-12-24)21-7-5-4-6-8-21/h4-8,13,15,17,22-25,28H,3,9-12,14,16,18-19H2,1-2H3/t22?,23-,24?,25-/m0/s1. The van der Waals surface area contributed by atoms with E-state index in [-0.39, 0.29) is 18.1 Å². The van der Waals surface area contributed by atoms with Crippen LogP contribution in [-0.4, -0.2) is 51.5 Å². The molecule has 0 radical (unpaired) electrons. The van der Waals surface area contributed by atoms with E-state index in [1.54, 1.807) is 0 Å². The molecule has 2 atom stereocenters. The summed E-state index contributed by atoms with van der Waals surface area (Å²) in [5, 5.41) is 0. The molecular weight excluding hydrogens is 434 g/mol. The Morgan fingerprint density at radius 1 is 1.09 bits per heavy atom. The van der Waals surface area contributed by atoms with Crippen molar-refractivity contribution in [1.29, 1.82) is 0 Å². The van der Waals surface area contributed by atoms with E-state index in [0.717, 1.165) is 57.4 Å². The van der Waals surface area contributed by atoms with E-state index in [0.29, 0.717) is 12.5 Å². The number of nitrogens with zero attached hydrogens (tertiary/aromatic N) is 2. The molecule has 0 spiro atoms. The molecule has 1 saturated heterocycles. The number of hydrogen-bond donors (Lipinski definition) is 1. The zero-order valence-electron chi connectivity index (χ0n) is 19.8. The molecule has 1 aromatic heterocycles. The molecule has 6 nitrogen and oxygen atoms in total. The molecule has 2 aromatic rings. The van der Waals surface area contributed by atoms with Crippen LogP contribution in [-0.2, 0) is 21.2 Å². The van der Waals surface area contributed by atoms with E-state index in [9.17, 15) is 8.42 Å². The maximum absolute atomic E-state index is 12.0. The van der Waals surface area contributed by atoms with Gasteiger partial charge in [0.2, 0.25) is 10.0 Å². The fourth-order valence-corrected chi connectivity index (χ4v) is 6.10. The summed E-state index contributed by atoms with van der Waals surface area (Å²) in [5.74, 6) is 1.68. The number of anilines is 1. The number of hydrogen-bond acceptors (Lipinski definition) is 5. The van der Waals surface area contributed by atoms with Crippen molar-refractivity contribution >= 4 is 15.8 Å². The minimum Gasteiger partial charge on any atom is -0.378 e. The number of sulfonamides is 1. The van der Waals surface area contributed by atoms with Crippen molar-refractivity contribution in [2.75, 3.05) is 30.9 Å². The average molecular weight is 472 g/mol. The van der Waals surface area contributed by atoms with Gasteiger partial charge in [0, 0.05) is 31.2 Å². The Morgan fingerprint density at radius 3 is 2.55 bits per heavy atom. The first-order valence-corrected chi connectivity index (χ1v) is 14.1. The van der Waals surface area contributed by atoms with Gasteiger partial charge < -0.3 is 9.64 Å². The van der Waals surface area contributed by atoms with Crippen molar-refractivity contribution in [1.82, 2.24) is 9.71 Å². The van der Waals surface area contributed by atoms with E-state index in [1.807, 2.05) is 12.3 Å². The monoisotopic (exact) mass is 471 g/mol. The van der Waals surface area contributed by atoms with Gasteiger partial charge >= 0.3 is 0 Å². The van der Waals surface area contributed by atoms with Crippen molar-refractivity contribution in [2.24, 2.45) is 5.92 Å². The molecule has 1 saturated carbocycles. The van der Waals surface area contributed by atoms with Crippen LogP contribution in [0.2, 0.25) is 0 Å². The quantitative estimate of drug-likeness (QED) is 0.627. The summed E-state index contributed by atoms with van der Waals surface area (Å²) in [4.78, 5) is 6.86. The molecular formula is C26H37N3O3S. The lowest BCUT2D eigenvalue weighted by molar-refractivity contribution is -0.00213. The second kappa shape index (κ2) is 11.0. The third kappa shape index (κ3) is 6.78. The number of nitrogens with one attached hydrogen (secondary N) is 1. The number of aryl methyl sites for hydroxylation is 1. The van der Waals surface area contributed by atoms with Gasteiger partial charge in [0.1, 0.15) is 5.82 Å². The van der Waals surface area contributed by atoms with Crippen LogP contribution in [0.25, 0.3) is 0 Å². The van der Waals surface area contributed by atoms with Gasteiger partial charge in [-0.25, -0.2) is 18.1 Å². The molecule has 1 N–H and O–H groups in total. The Kier molecular flexibility index (Phi) is 8.04. The summed E-state index contributed by atoms with van der Waals surface area (Å²) in [5.41, 5.74) is 2.69. The van der Waals surface area contributed by atoms with Crippen molar-refractivity contribution in [3.05, 3.63) is 59.8 Å². The van der Waals surface area contributed by atoms with Crippen molar-refractivity contribution in [3.63, 3.8) is 0 Å². The highest BCUT2D eigenvalue weighted by Gasteiger charge is 2.33. The zero-order chi connectivity index (χ0) is 23.3. The van der Waals surface area contributed by atoms with Gasteiger partial charge in [0.15, 0.2) is 0 Å². The molecule has 7 heteroatoms. The molecule has 0 bridgehead atoms. The van der Waals surface area contributed by atoms with Gasteiger partial charge in [-0.15, -0.1) is 0 Å². The van der Waals surface area contributed by atoms with E-state index < -0.39 is 10.0 Å². The minimum absolute atomic E-state index is 0.0902. The molecule has 0 unspecified atom stereocenters. The molecule has 33 heavy (non-hydrogen) atoms. The van der Waals surface area contributed by atoms with Crippen LogP contribution in [0, 0.1) is 5.92 Å². The molecule has 1 aromatic carbocycles. The molecule has 4 rings (SSSR count). The summed E-state index contributed by atoms with van der Waals surface area (Å²) in [6.45, 7) is 4.24. The molecule has 0 amide bonds. The Labute approximate surface area is 198 Å². The first-order valence-electron chi connectivity index (χ1n) is 12.2. The zero-order valence-corrected chi connectivity index (χ0v) is 20.6. The Balaban J connectivity index is 1.37. The van der Waals surface area contributed by atoms with E-state index in [4.69, 9.17) is 4.74 Å². The van der Waals surface area contributed by atoms with Crippen LogP contribution in [0.5, 0.6) is 0 Å². The van der Waals surface area contributed by atoms with Crippen molar-refractivity contribution in [2.45, 2.75) is 63.5 Å². The van der Waals surface area contributed by atoms with E-state index >= 15 is 0 Å². The highest BCUT2D eigenvalue weighted by Crippen LogP contribution is 2.34. The van der Waals surface area contributed by atoms with Crippen molar-refractivity contribution in [3.8, 4) is 0 Å². The fraction of sp³-hybridized carbons (Fsp3) is 0.577. The minimum atomic E-state index is -3.27. The second-order valence-corrected chi connectivity index (χ2v) is 11.4. The van der Waals surface area contributed by atoms with Gasteiger partial charge in [0.05, 0.1) is 19.0 Å². The smallest absolute Gasteiger partial charge is 0.208 e. The number of rotatable bonds is 8. The van der Waals surface area contributed by atoms with Crippen LogP contribution in [0.1, 0.15) is 56.1 Å². The molecule has 180 valence electrons. The van der Waals surface area contributed by atoms with Crippen LogP contribution in [0.15, 0.2) is 48.7 Å². The maximum Gasteiger partial charge on any atom is 0.208 e. The number of aromatic nitrogens is 1. The van der Waals surface area contributed by atoms with Crippen molar-refractivity contribution < 1.29 is 13.2 Å². The maximum atomic E-state index is 12.0. The third-order valence-electron chi connectivity index (χ3n) is 7.13. The second-order valence-electron chi connectivity index (χ2n) is 9.58. The molecule has 1 aliphatic carbocycles. The normalized spacial score (nSPS) is 26.3. The van der Waals surface area contributed by atoms with Gasteiger partial charge in [-0.3, -0.25) is 0 Å². The number of piperidine rings is 1. The summed E-state index contributed by atoms with van der Waals surface area (Å²) in [7, 11) is -3.27. The van der Waals surface area contributed by atoms with Crippen LogP contribution in [0.4, 0.5) is 5.82 Å². The lowest BCUT2D eigenvalue weighted by Crippen LogP contribution is -2.52. The Hall–Kier alpha value is -1.96. The van der Waals surface area contributed by atoms with Crippen LogP contribution < -0.4 is 9.62 Å². The van der Waals surface area contributed by atoms with Crippen LogP contribution >= 0.6 is 0 Å². The summed E-state index contributed by atoms with van der Waals surface area (Å²) >= 11 is 0. The number of ether oxygens (including phenoxy) is 1. The lowest BCUT2D eigenvalue weighted by Gasteiger charge is -2.40. The predicted octanol–water partition coefficient (Wildman–Crippen LogP) is 4.13. The van der Waals surface area contributed by atoms with Gasteiger partial charge in [-0.2, -0.15) is 0 Å². The molecule has 2 aliphatic rings. The summed E-state index contributed by atoms with van der Waals surface area (Å²) in [6, 6.07) is 14.9. The van der Waals surface area contributed by atoms with Gasteiger partial charge in [0.25, 0.3) is 0 Å². The molecule has 2 fully saturated rings. The third-order valence-corrected chi connectivity index (χ3v) is 7.86. The summed E-state index contributed by atoms with van der Waals surface area (Å²) in [6.07, 6.45) is 9.48. The average Bonchev–Trinajstić information content (AvgIpc) is 2.83. The lowest BCUT2D eigenvalue weighted by atomic mass is 9.82. The fourth-order valence-electron chi connectivity index (χ4n) is 5.24. The van der Waals surface area contributed by atoms with E-state index in [1.165, 1.54) is 17.4 Å². The first-order chi connectivity index (χ1) is 15.9. The number of benzene rings is 1. The predicted molar refractivity (Wildman–Crippen MR) is 133 cm³/mol. The van der Waals surface area contributed by atoms with E-state index in [2.05, 4.69) is 57.9 Å². The largest absolute Gasteiger partial charge is 0.378 e. The number of pyridine rings is 1. The van der Waals surface area contributed by atoms with Gasteiger partial charge in [-0.05, 0) is 67.7 Å². The van der Waals surface area contributed by atoms with Gasteiger partial charge in [-0.1, -0.05) is 37.3 Å². The highest BCUT2D eigenvalue weighted by molar-refractivity contribution is 7.88. The SMILES string of the molecule is CCc1ccnc(N2CC[C@H](NS(C)(=O)=O)[C@H](COC3CCC(c4ccccc4)CC3)C2)c1. The van der Waals surface area contributed by atoms with Crippen LogP contribution in [0.3, 0.4) is 0 Å². The first kappa shape index (κ1) is 24.2. The Morgan fingerprint density at radius 2 is 1.85 bits per heavy atom. The molecule has 2 heterocycles. The topological polar surface area (TPSA) is 71.5 Å². The highest BCUT2D eigenvalue weighted by atomic mass is 32.2. The summed E-state index contributed by atoms with van der Waals surface area (Å²) < 4.78 is 33.2.